The third-order valence-electron chi connectivity index (χ3n) is 5.42. The van der Waals surface area contributed by atoms with Gasteiger partial charge in [-0.05, 0) is 48.9 Å². The number of benzene rings is 3. The minimum absolute atomic E-state index is 0.147. The fourth-order valence-electron chi connectivity index (χ4n) is 3.70. The average Bonchev–Trinajstić information content (AvgIpc) is 3.17. The van der Waals surface area contributed by atoms with Gasteiger partial charge in [0.2, 0.25) is 10.0 Å². The summed E-state index contributed by atoms with van der Waals surface area (Å²) in [5.41, 5.74) is 2.82. The maximum Gasteiger partial charge on any atom is 0.328 e. The number of hydrogen-bond donors (Lipinski definition) is 1. The molecule has 4 aromatic rings. The number of hydrogen-bond acceptors (Lipinski definition) is 3. The summed E-state index contributed by atoms with van der Waals surface area (Å²) < 4.78 is 31.1. The Kier molecular flexibility index (Phi) is 6.30. The molecule has 0 spiro atoms. The summed E-state index contributed by atoms with van der Waals surface area (Å²) in [5.74, 6) is 0. The fraction of sp³-hybridized carbons (Fsp3) is 0.160. The van der Waals surface area contributed by atoms with Gasteiger partial charge >= 0.3 is 6.03 Å². The highest BCUT2D eigenvalue weighted by atomic mass is 35.5. The number of rotatable bonds is 5. The van der Waals surface area contributed by atoms with Crippen LogP contribution in [0.5, 0.6) is 0 Å². The van der Waals surface area contributed by atoms with Crippen LogP contribution in [0.25, 0.3) is 10.9 Å². The van der Waals surface area contributed by atoms with Crippen molar-refractivity contribution in [3.05, 3.63) is 101 Å². The molecule has 170 valence electrons. The molecule has 33 heavy (non-hydrogen) atoms. The quantitative estimate of drug-likeness (QED) is 0.426. The standard InChI is InChI=1S/C25H24ClN3O3S/c1-17-8-14-21(15-9-17)33(31,32)27-24(18-10-12-20(26)13-11-18)23-16-19-6-4-5-7-22(19)29(23)25(30)28(2)3/h4-16,24,27H,1-3H3. The lowest BCUT2D eigenvalue weighted by atomic mass is 10.0. The van der Waals surface area contributed by atoms with Crippen molar-refractivity contribution in [2.45, 2.75) is 17.9 Å². The average molecular weight is 482 g/mol. The van der Waals surface area contributed by atoms with Gasteiger partial charge in [0.25, 0.3) is 0 Å². The minimum atomic E-state index is -3.90. The summed E-state index contributed by atoms with van der Waals surface area (Å²) in [6, 6.07) is 21.7. The summed E-state index contributed by atoms with van der Waals surface area (Å²) >= 11 is 6.09. The normalized spacial score (nSPS) is 12.6. The van der Waals surface area contributed by atoms with Gasteiger partial charge in [-0.25, -0.2) is 13.2 Å². The predicted molar refractivity (Wildman–Crippen MR) is 131 cm³/mol. The molecule has 6 nitrogen and oxygen atoms in total. The lowest BCUT2D eigenvalue weighted by molar-refractivity contribution is 0.219. The van der Waals surface area contributed by atoms with Crippen LogP contribution in [0, 0.1) is 6.92 Å². The van der Waals surface area contributed by atoms with Crippen LogP contribution in [0.1, 0.15) is 22.9 Å². The number of para-hydroxylation sites is 1. The van der Waals surface area contributed by atoms with Gasteiger partial charge in [0.1, 0.15) is 0 Å². The van der Waals surface area contributed by atoms with Crippen molar-refractivity contribution in [1.29, 1.82) is 0 Å². The summed E-state index contributed by atoms with van der Waals surface area (Å²) in [6.45, 7) is 1.89. The molecule has 0 fully saturated rings. The molecular formula is C25H24ClN3O3S. The number of carbonyl (C=O) groups is 1. The Bertz CT molecular complexity index is 1410. The van der Waals surface area contributed by atoms with Crippen molar-refractivity contribution in [3.8, 4) is 0 Å². The highest BCUT2D eigenvalue weighted by molar-refractivity contribution is 7.89. The third kappa shape index (κ3) is 4.66. The Balaban J connectivity index is 1.92. The molecule has 4 rings (SSSR count). The molecule has 1 heterocycles. The first kappa shape index (κ1) is 23.0. The maximum atomic E-state index is 13.4. The topological polar surface area (TPSA) is 71.4 Å². The Labute approximate surface area is 198 Å². The number of nitrogens with one attached hydrogen (secondary N) is 1. The largest absolute Gasteiger partial charge is 0.330 e. The molecule has 8 heteroatoms. The first-order valence-electron chi connectivity index (χ1n) is 10.3. The van der Waals surface area contributed by atoms with Crippen LogP contribution >= 0.6 is 11.6 Å². The van der Waals surface area contributed by atoms with Crippen LogP contribution in [0.3, 0.4) is 0 Å². The van der Waals surface area contributed by atoms with Gasteiger partial charge in [-0.3, -0.25) is 4.57 Å². The van der Waals surface area contributed by atoms with Crippen LogP contribution in [-0.4, -0.2) is 38.0 Å². The summed E-state index contributed by atoms with van der Waals surface area (Å²) in [4.78, 5) is 14.8. The van der Waals surface area contributed by atoms with E-state index in [-0.39, 0.29) is 10.9 Å². The lowest BCUT2D eigenvalue weighted by Gasteiger charge is -2.23. The van der Waals surface area contributed by atoms with E-state index in [1.165, 1.54) is 4.90 Å². The summed E-state index contributed by atoms with van der Waals surface area (Å²) in [7, 11) is -0.581. The number of nitrogens with zero attached hydrogens (tertiary/aromatic N) is 2. The van der Waals surface area contributed by atoms with E-state index in [1.54, 1.807) is 67.2 Å². The van der Waals surface area contributed by atoms with Gasteiger partial charge < -0.3 is 4.90 Å². The number of carbonyl (C=O) groups excluding carboxylic acids is 1. The maximum absolute atomic E-state index is 13.4. The number of aryl methyl sites for hydroxylation is 1. The highest BCUT2D eigenvalue weighted by Gasteiger charge is 2.28. The zero-order valence-corrected chi connectivity index (χ0v) is 20.1. The number of halogens is 1. The second-order valence-corrected chi connectivity index (χ2v) is 10.2. The summed E-state index contributed by atoms with van der Waals surface area (Å²) in [5, 5.41) is 1.36. The molecule has 1 unspecified atom stereocenters. The van der Waals surface area contributed by atoms with E-state index < -0.39 is 16.1 Å². The van der Waals surface area contributed by atoms with Crippen LogP contribution in [0.15, 0.2) is 83.8 Å². The molecule has 0 saturated carbocycles. The molecule has 1 amide bonds. The van der Waals surface area contributed by atoms with Crippen molar-refractivity contribution in [2.24, 2.45) is 0 Å². The minimum Gasteiger partial charge on any atom is -0.330 e. The van der Waals surface area contributed by atoms with Crippen LogP contribution < -0.4 is 4.72 Å². The van der Waals surface area contributed by atoms with Crippen molar-refractivity contribution in [3.63, 3.8) is 0 Å². The van der Waals surface area contributed by atoms with Crippen LogP contribution in [0.4, 0.5) is 4.79 Å². The smallest absolute Gasteiger partial charge is 0.328 e. The Morgan fingerprint density at radius 1 is 0.970 bits per heavy atom. The van der Waals surface area contributed by atoms with Gasteiger partial charge in [0.05, 0.1) is 22.1 Å². The number of sulfonamides is 1. The first-order chi connectivity index (χ1) is 15.7. The molecule has 0 aliphatic carbocycles. The SMILES string of the molecule is Cc1ccc(S(=O)(=O)NC(c2ccc(Cl)cc2)c2cc3ccccc3n2C(=O)N(C)C)cc1. The van der Waals surface area contributed by atoms with Gasteiger partial charge in [0.15, 0.2) is 0 Å². The molecule has 3 aromatic carbocycles. The molecule has 0 saturated heterocycles. The van der Waals surface area contributed by atoms with E-state index in [1.807, 2.05) is 37.3 Å². The van der Waals surface area contributed by atoms with E-state index >= 15 is 0 Å². The first-order valence-corrected chi connectivity index (χ1v) is 12.2. The van der Waals surface area contributed by atoms with Crippen molar-refractivity contribution >= 4 is 38.6 Å². The van der Waals surface area contributed by atoms with E-state index in [4.69, 9.17) is 11.6 Å². The second kappa shape index (κ2) is 9.02. The zero-order valence-electron chi connectivity index (χ0n) is 18.5. The molecule has 1 N–H and O–H groups in total. The molecule has 1 aromatic heterocycles. The monoisotopic (exact) mass is 481 g/mol. The Morgan fingerprint density at radius 2 is 1.61 bits per heavy atom. The molecule has 0 aliphatic heterocycles. The number of amides is 1. The van der Waals surface area contributed by atoms with Gasteiger partial charge in [0, 0.05) is 24.5 Å². The zero-order chi connectivity index (χ0) is 23.8. The lowest BCUT2D eigenvalue weighted by Crippen LogP contribution is -2.34. The van der Waals surface area contributed by atoms with Crippen molar-refractivity contribution < 1.29 is 13.2 Å². The van der Waals surface area contributed by atoms with Gasteiger partial charge in [-0.1, -0.05) is 59.6 Å². The fourth-order valence-corrected chi connectivity index (χ4v) is 5.02. The van der Waals surface area contributed by atoms with E-state index in [0.29, 0.717) is 21.8 Å². The number of fused-ring (bicyclic) bond motifs is 1. The molecule has 1 atom stereocenters. The molecule has 0 radical (unpaired) electrons. The van der Waals surface area contributed by atoms with Gasteiger partial charge in [-0.15, -0.1) is 0 Å². The van der Waals surface area contributed by atoms with Crippen LogP contribution in [-0.2, 0) is 10.0 Å². The third-order valence-corrected chi connectivity index (χ3v) is 7.11. The van der Waals surface area contributed by atoms with Crippen molar-refractivity contribution in [1.82, 2.24) is 14.2 Å². The molecular weight excluding hydrogens is 458 g/mol. The Morgan fingerprint density at radius 3 is 2.24 bits per heavy atom. The number of aromatic nitrogens is 1. The van der Waals surface area contributed by atoms with E-state index in [9.17, 15) is 13.2 Å². The van der Waals surface area contributed by atoms with Gasteiger partial charge in [-0.2, -0.15) is 4.72 Å². The van der Waals surface area contributed by atoms with Crippen molar-refractivity contribution in [2.75, 3.05) is 14.1 Å². The molecule has 0 aliphatic rings. The van der Waals surface area contributed by atoms with E-state index in [2.05, 4.69) is 4.72 Å². The van der Waals surface area contributed by atoms with E-state index in [0.717, 1.165) is 10.9 Å². The molecule has 0 bridgehead atoms. The predicted octanol–water partition coefficient (Wildman–Crippen LogP) is 5.20. The summed E-state index contributed by atoms with van der Waals surface area (Å²) in [6.07, 6.45) is 0. The highest BCUT2D eigenvalue weighted by Crippen LogP contribution is 2.31. The van der Waals surface area contributed by atoms with Crippen LogP contribution in [0.2, 0.25) is 5.02 Å². The second-order valence-electron chi connectivity index (χ2n) is 8.06. The Hall–Kier alpha value is -3.13.